The maximum atomic E-state index is 11.6. The molecule has 0 radical (unpaired) electrons. The van der Waals surface area contributed by atoms with Gasteiger partial charge in [0.2, 0.25) is 0 Å². The van der Waals surface area contributed by atoms with Crippen molar-refractivity contribution in [2.75, 3.05) is 7.05 Å². The van der Waals surface area contributed by atoms with Crippen LogP contribution in [0.3, 0.4) is 0 Å². The molecule has 13 heavy (non-hydrogen) atoms. The summed E-state index contributed by atoms with van der Waals surface area (Å²) in [6, 6.07) is 7.12. The maximum absolute atomic E-state index is 11.6. The quantitative estimate of drug-likeness (QED) is 0.640. The summed E-state index contributed by atoms with van der Waals surface area (Å²) in [5.74, 6) is -0.124. The Balaban J connectivity index is 2.68. The Morgan fingerprint density at radius 2 is 2.00 bits per heavy atom. The van der Waals surface area contributed by atoms with Crippen LogP contribution in [0.25, 0.3) is 0 Å². The molecule has 0 saturated heterocycles. The van der Waals surface area contributed by atoms with Crippen LogP contribution in [0.2, 0.25) is 0 Å². The number of fused-ring (bicyclic) bond motifs is 1. The third-order valence-electron chi connectivity index (χ3n) is 2.63. The topological polar surface area (TPSA) is 40.5 Å². The Morgan fingerprint density at radius 3 is 2.62 bits per heavy atom. The number of rotatable bonds is 0. The van der Waals surface area contributed by atoms with Crippen molar-refractivity contribution in [1.29, 1.82) is 0 Å². The Kier molecular flexibility index (Phi) is 1.48. The molecule has 0 fully saturated rings. The molecule has 0 aromatic heterocycles. The Bertz CT molecular complexity index is 371. The summed E-state index contributed by atoms with van der Waals surface area (Å²) >= 11 is 0. The number of carbonyl (C=O) groups excluding carboxylic acids is 1. The minimum Gasteiger partial charge on any atom is -0.367 e. The maximum Gasteiger partial charge on any atom is 0.256 e. The Labute approximate surface area is 76.6 Å². The smallest absolute Gasteiger partial charge is 0.256 e. The highest BCUT2D eigenvalue weighted by Gasteiger charge is 2.42. The van der Waals surface area contributed by atoms with E-state index in [-0.39, 0.29) is 5.91 Å². The average molecular weight is 177 g/mol. The van der Waals surface area contributed by atoms with Gasteiger partial charge in [-0.2, -0.15) is 0 Å². The lowest BCUT2D eigenvalue weighted by Crippen LogP contribution is -2.37. The molecule has 1 aromatic rings. The fourth-order valence-corrected chi connectivity index (χ4v) is 1.64. The first-order valence-electron chi connectivity index (χ1n) is 4.15. The van der Waals surface area contributed by atoms with Crippen molar-refractivity contribution in [3.05, 3.63) is 35.4 Å². The van der Waals surface area contributed by atoms with E-state index >= 15 is 0 Å². The second-order valence-electron chi connectivity index (χ2n) is 3.43. The zero-order chi connectivity index (χ0) is 9.64. The molecule has 1 aromatic carbocycles. The van der Waals surface area contributed by atoms with Crippen molar-refractivity contribution in [3.8, 4) is 0 Å². The fourth-order valence-electron chi connectivity index (χ4n) is 1.64. The van der Waals surface area contributed by atoms with E-state index in [1.165, 1.54) is 4.90 Å². The molecule has 1 aliphatic heterocycles. The Hall–Kier alpha value is -1.35. The van der Waals surface area contributed by atoms with E-state index < -0.39 is 5.72 Å². The first-order chi connectivity index (χ1) is 6.05. The minimum atomic E-state index is -1.16. The van der Waals surface area contributed by atoms with Crippen molar-refractivity contribution < 1.29 is 9.90 Å². The lowest BCUT2D eigenvalue weighted by atomic mass is 10.0. The van der Waals surface area contributed by atoms with Gasteiger partial charge in [0, 0.05) is 18.2 Å². The van der Waals surface area contributed by atoms with E-state index in [1.54, 1.807) is 32.2 Å². The molecule has 68 valence electrons. The van der Waals surface area contributed by atoms with Crippen LogP contribution in [0.5, 0.6) is 0 Å². The van der Waals surface area contributed by atoms with Crippen LogP contribution in [0.4, 0.5) is 0 Å². The van der Waals surface area contributed by atoms with Crippen LogP contribution in [0, 0.1) is 0 Å². The number of aliphatic hydroxyl groups is 1. The van der Waals surface area contributed by atoms with Crippen molar-refractivity contribution >= 4 is 5.91 Å². The lowest BCUT2D eigenvalue weighted by molar-refractivity contribution is -0.0558. The lowest BCUT2D eigenvalue weighted by Gasteiger charge is -2.26. The summed E-state index contributed by atoms with van der Waals surface area (Å²) in [6.45, 7) is 1.62. The zero-order valence-corrected chi connectivity index (χ0v) is 7.61. The molecule has 1 N–H and O–H groups in total. The molecule has 1 unspecified atom stereocenters. The SMILES string of the molecule is CN1C(=O)c2ccccc2C1(C)O. The first kappa shape index (κ1) is 8.26. The predicted octanol–water partition coefficient (Wildman–Crippen LogP) is 0.937. The van der Waals surface area contributed by atoms with Gasteiger partial charge in [0.05, 0.1) is 0 Å². The van der Waals surface area contributed by atoms with E-state index in [1.807, 2.05) is 6.07 Å². The molecule has 2 rings (SSSR count). The average Bonchev–Trinajstić information content (AvgIpc) is 2.30. The van der Waals surface area contributed by atoms with Crippen LogP contribution < -0.4 is 0 Å². The highest BCUT2D eigenvalue weighted by molar-refractivity contribution is 5.99. The zero-order valence-electron chi connectivity index (χ0n) is 7.61. The summed E-state index contributed by atoms with van der Waals surface area (Å²) in [7, 11) is 1.60. The van der Waals surface area contributed by atoms with Gasteiger partial charge in [-0.3, -0.25) is 4.79 Å². The predicted molar refractivity (Wildman–Crippen MR) is 48.1 cm³/mol. The van der Waals surface area contributed by atoms with Crippen molar-refractivity contribution in [1.82, 2.24) is 4.90 Å². The summed E-state index contributed by atoms with van der Waals surface area (Å²) in [5.41, 5.74) is 0.116. The molecule has 3 nitrogen and oxygen atoms in total. The van der Waals surface area contributed by atoms with Crippen LogP contribution in [-0.4, -0.2) is 23.0 Å². The molecule has 1 atom stereocenters. The molecular formula is C10H11NO2. The van der Waals surface area contributed by atoms with E-state index in [9.17, 15) is 9.90 Å². The third-order valence-corrected chi connectivity index (χ3v) is 2.63. The van der Waals surface area contributed by atoms with Gasteiger partial charge in [0.25, 0.3) is 5.91 Å². The molecule has 0 aliphatic carbocycles. The summed E-state index contributed by atoms with van der Waals surface area (Å²) in [4.78, 5) is 12.9. The second kappa shape index (κ2) is 2.33. The van der Waals surface area contributed by atoms with Gasteiger partial charge in [-0.15, -0.1) is 0 Å². The van der Waals surface area contributed by atoms with Crippen LogP contribution in [0.15, 0.2) is 24.3 Å². The van der Waals surface area contributed by atoms with E-state index in [4.69, 9.17) is 0 Å². The summed E-state index contributed by atoms with van der Waals surface area (Å²) < 4.78 is 0. The number of hydrogen-bond acceptors (Lipinski definition) is 2. The van der Waals surface area contributed by atoms with Crippen molar-refractivity contribution in [2.45, 2.75) is 12.6 Å². The molecule has 0 bridgehead atoms. The molecule has 3 heteroatoms. The van der Waals surface area contributed by atoms with Crippen molar-refractivity contribution in [3.63, 3.8) is 0 Å². The summed E-state index contributed by atoms with van der Waals surface area (Å²) in [5, 5.41) is 9.99. The molecular weight excluding hydrogens is 166 g/mol. The molecule has 1 aliphatic rings. The van der Waals surface area contributed by atoms with Crippen LogP contribution in [0.1, 0.15) is 22.8 Å². The molecule has 0 saturated carbocycles. The van der Waals surface area contributed by atoms with Gasteiger partial charge in [-0.1, -0.05) is 18.2 Å². The first-order valence-corrected chi connectivity index (χ1v) is 4.15. The van der Waals surface area contributed by atoms with Gasteiger partial charge < -0.3 is 10.0 Å². The number of amides is 1. The van der Waals surface area contributed by atoms with Gasteiger partial charge in [-0.25, -0.2) is 0 Å². The normalized spacial score (nSPS) is 26.4. The minimum absolute atomic E-state index is 0.124. The number of hydrogen-bond donors (Lipinski definition) is 1. The van der Waals surface area contributed by atoms with Crippen LogP contribution >= 0.6 is 0 Å². The van der Waals surface area contributed by atoms with Gasteiger partial charge in [-0.05, 0) is 13.0 Å². The number of nitrogens with zero attached hydrogens (tertiary/aromatic N) is 1. The molecule has 1 heterocycles. The monoisotopic (exact) mass is 177 g/mol. The van der Waals surface area contributed by atoms with Crippen molar-refractivity contribution in [2.24, 2.45) is 0 Å². The molecule has 1 amide bonds. The van der Waals surface area contributed by atoms with E-state index in [2.05, 4.69) is 0 Å². The standard InChI is InChI=1S/C10H11NO2/c1-10(13)8-6-4-3-5-7(8)9(12)11(10)2/h3-6,13H,1-2H3. The van der Waals surface area contributed by atoms with Gasteiger partial charge in [0.15, 0.2) is 5.72 Å². The second-order valence-corrected chi connectivity index (χ2v) is 3.43. The van der Waals surface area contributed by atoms with Gasteiger partial charge in [0.1, 0.15) is 0 Å². The van der Waals surface area contributed by atoms with Crippen LogP contribution in [-0.2, 0) is 5.72 Å². The summed E-state index contributed by atoms with van der Waals surface area (Å²) in [6.07, 6.45) is 0. The third kappa shape index (κ3) is 0.906. The number of benzene rings is 1. The highest BCUT2D eigenvalue weighted by atomic mass is 16.3. The Morgan fingerprint density at radius 1 is 1.38 bits per heavy atom. The van der Waals surface area contributed by atoms with Gasteiger partial charge >= 0.3 is 0 Å². The highest BCUT2D eigenvalue weighted by Crippen LogP contribution is 2.34. The fraction of sp³-hybridized carbons (Fsp3) is 0.300. The van der Waals surface area contributed by atoms with E-state index in [0.717, 1.165) is 0 Å². The molecule has 0 spiro atoms. The van der Waals surface area contributed by atoms with E-state index in [0.29, 0.717) is 11.1 Å². The number of carbonyl (C=O) groups is 1. The largest absolute Gasteiger partial charge is 0.367 e.